The lowest BCUT2D eigenvalue weighted by Gasteiger charge is -2.31. The zero-order chi connectivity index (χ0) is 11.4. The number of hydrogen-bond donors (Lipinski definition) is 0. The topological polar surface area (TPSA) is 20.3 Å². The second-order valence-corrected chi connectivity index (χ2v) is 5.20. The Balaban J connectivity index is 2.13. The third kappa shape index (κ3) is 2.40. The Bertz CT molecular complexity index is 350. The molecule has 3 heteroatoms. The predicted molar refractivity (Wildman–Crippen MR) is 68.5 cm³/mol. The maximum atomic E-state index is 12.2. The molecule has 1 aromatic rings. The van der Waals surface area contributed by atoms with Crippen molar-refractivity contribution in [2.75, 3.05) is 18.8 Å². The molecule has 86 valence electrons. The number of thioether (sulfide) groups is 1. The molecule has 2 nitrogen and oxygen atoms in total. The van der Waals surface area contributed by atoms with Crippen LogP contribution in [0.25, 0.3) is 0 Å². The second kappa shape index (κ2) is 5.39. The van der Waals surface area contributed by atoms with Gasteiger partial charge in [0.2, 0.25) is 5.91 Å². The van der Waals surface area contributed by atoms with Crippen LogP contribution < -0.4 is 0 Å². The molecule has 1 aromatic carbocycles. The molecule has 1 aliphatic rings. The zero-order valence-electron chi connectivity index (χ0n) is 9.56. The van der Waals surface area contributed by atoms with Gasteiger partial charge in [-0.1, -0.05) is 37.3 Å². The van der Waals surface area contributed by atoms with Gasteiger partial charge < -0.3 is 4.90 Å². The molecule has 2 rings (SSSR count). The lowest BCUT2D eigenvalue weighted by atomic mass is 10.1. The summed E-state index contributed by atoms with van der Waals surface area (Å²) in [6.45, 7) is 3.91. The van der Waals surface area contributed by atoms with Crippen LogP contribution in [0.3, 0.4) is 0 Å². The van der Waals surface area contributed by atoms with E-state index < -0.39 is 0 Å². The molecule has 1 amide bonds. The largest absolute Gasteiger partial charge is 0.341 e. The van der Waals surface area contributed by atoms with Crippen LogP contribution in [0.1, 0.15) is 24.2 Å². The van der Waals surface area contributed by atoms with Gasteiger partial charge in [-0.3, -0.25) is 4.79 Å². The average molecular weight is 235 g/mol. The summed E-state index contributed by atoms with van der Waals surface area (Å²) in [6.07, 6.45) is 1.04. The van der Waals surface area contributed by atoms with Gasteiger partial charge in [0.1, 0.15) is 5.25 Å². The summed E-state index contributed by atoms with van der Waals surface area (Å²) in [5, 5.41) is 0.0153. The SMILES string of the molecule is CCCN1CCSC(c2ccccc2)C1=O. The molecular weight excluding hydrogens is 218 g/mol. The van der Waals surface area contributed by atoms with Gasteiger partial charge in [-0.05, 0) is 12.0 Å². The highest BCUT2D eigenvalue weighted by atomic mass is 32.2. The zero-order valence-corrected chi connectivity index (χ0v) is 10.4. The van der Waals surface area contributed by atoms with Gasteiger partial charge in [-0.15, -0.1) is 11.8 Å². The first-order valence-corrected chi connectivity index (χ1v) is 6.83. The summed E-state index contributed by atoms with van der Waals surface area (Å²) in [5.74, 6) is 1.33. The van der Waals surface area contributed by atoms with Crippen LogP contribution in [0, 0.1) is 0 Å². The molecule has 0 N–H and O–H groups in total. The molecule has 1 saturated heterocycles. The van der Waals surface area contributed by atoms with Gasteiger partial charge in [0.25, 0.3) is 0 Å². The van der Waals surface area contributed by atoms with Crippen molar-refractivity contribution in [2.45, 2.75) is 18.6 Å². The van der Waals surface area contributed by atoms with Crippen LogP contribution in [0.5, 0.6) is 0 Å². The molecule has 0 bridgehead atoms. The summed E-state index contributed by atoms with van der Waals surface area (Å²) in [6, 6.07) is 10.1. The Morgan fingerprint density at radius 1 is 1.38 bits per heavy atom. The maximum absolute atomic E-state index is 12.2. The average Bonchev–Trinajstić information content (AvgIpc) is 2.33. The van der Waals surface area contributed by atoms with E-state index in [1.807, 2.05) is 35.2 Å². The molecule has 0 saturated carbocycles. The van der Waals surface area contributed by atoms with E-state index in [1.54, 1.807) is 11.8 Å². The molecule has 1 unspecified atom stereocenters. The number of nitrogens with zero attached hydrogens (tertiary/aromatic N) is 1. The normalized spacial score (nSPS) is 21.2. The van der Waals surface area contributed by atoms with E-state index in [1.165, 1.54) is 0 Å². The first-order valence-electron chi connectivity index (χ1n) is 5.78. The van der Waals surface area contributed by atoms with Crippen LogP contribution in [0.4, 0.5) is 0 Å². The van der Waals surface area contributed by atoms with E-state index in [0.717, 1.165) is 30.8 Å². The van der Waals surface area contributed by atoms with E-state index in [2.05, 4.69) is 6.92 Å². The van der Waals surface area contributed by atoms with Gasteiger partial charge in [-0.2, -0.15) is 0 Å². The molecule has 1 atom stereocenters. The Hall–Kier alpha value is -0.960. The maximum Gasteiger partial charge on any atom is 0.240 e. The number of benzene rings is 1. The minimum atomic E-state index is 0.0153. The van der Waals surface area contributed by atoms with E-state index in [0.29, 0.717) is 0 Å². The predicted octanol–water partition coefficient (Wildman–Crippen LogP) is 2.71. The highest BCUT2D eigenvalue weighted by molar-refractivity contribution is 8.00. The van der Waals surface area contributed by atoms with Gasteiger partial charge >= 0.3 is 0 Å². The first kappa shape index (κ1) is 11.5. The molecule has 1 fully saturated rings. The fraction of sp³-hybridized carbons (Fsp3) is 0.462. The van der Waals surface area contributed by atoms with Crippen molar-refractivity contribution in [3.8, 4) is 0 Å². The highest BCUT2D eigenvalue weighted by Gasteiger charge is 2.29. The second-order valence-electron chi connectivity index (χ2n) is 3.99. The summed E-state index contributed by atoms with van der Waals surface area (Å²) < 4.78 is 0. The van der Waals surface area contributed by atoms with Crippen molar-refractivity contribution in [3.05, 3.63) is 35.9 Å². The molecule has 0 radical (unpaired) electrons. The standard InChI is InChI=1S/C13H17NOS/c1-2-8-14-9-10-16-12(13(14)15)11-6-4-3-5-7-11/h3-7,12H,2,8-10H2,1H3. The van der Waals surface area contributed by atoms with Crippen LogP contribution in [-0.4, -0.2) is 29.6 Å². The molecule has 1 aliphatic heterocycles. The fourth-order valence-corrected chi connectivity index (χ4v) is 3.19. The van der Waals surface area contributed by atoms with E-state index in [9.17, 15) is 4.79 Å². The quantitative estimate of drug-likeness (QED) is 0.803. The van der Waals surface area contributed by atoms with Crippen molar-refractivity contribution in [2.24, 2.45) is 0 Å². The van der Waals surface area contributed by atoms with E-state index >= 15 is 0 Å². The van der Waals surface area contributed by atoms with Gasteiger partial charge in [-0.25, -0.2) is 0 Å². The number of carbonyl (C=O) groups excluding carboxylic acids is 1. The molecule has 0 aliphatic carbocycles. The monoisotopic (exact) mass is 235 g/mol. The van der Waals surface area contributed by atoms with E-state index in [4.69, 9.17) is 0 Å². The van der Waals surface area contributed by atoms with Gasteiger partial charge in [0.05, 0.1) is 0 Å². The van der Waals surface area contributed by atoms with Crippen LogP contribution in [0.2, 0.25) is 0 Å². The lowest BCUT2D eigenvalue weighted by Crippen LogP contribution is -2.40. The summed E-state index contributed by atoms with van der Waals surface area (Å²) in [5.41, 5.74) is 1.14. The van der Waals surface area contributed by atoms with Crippen molar-refractivity contribution >= 4 is 17.7 Å². The van der Waals surface area contributed by atoms with Crippen molar-refractivity contribution in [1.82, 2.24) is 4.90 Å². The number of carbonyl (C=O) groups is 1. The van der Waals surface area contributed by atoms with Crippen molar-refractivity contribution in [1.29, 1.82) is 0 Å². The summed E-state index contributed by atoms with van der Waals surface area (Å²) >= 11 is 1.76. The van der Waals surface area contributed by atoms with Gasteiger partial charge in [0, 0.05) is 18.8 Å². The highest BCUT2D eigenvalue weighted by Crippen LogP contribution is 2.34. The fourth-order valence-electron chi connectivity index (χ4n) is 1.99. The molecular formula is C13H17NOS. The van der Waals surface area contributed by atoms with Crippen LogP contribution in [-0.2, 0) is 4.79 Å². The summed E-state index contributed by atoms with van der Waals surface area (Å²) in [4.78, 5) is 14.2. The smallest absolute Gasteiger partial charge is 0.240 e. The third-order valence-electron chi connectivity index (χ3n) is 2.78. The Labute approximate surface area is 101 Å². The lowest BCUT2D eigenvalue weighted by molar-refractivity contribution is -0.130. The summed E-state index contributed by atoms with van der Waals surface area (Å²) in [7, 11) is 0. The van der Waals surface area contributed by atoms with Crippen LogP contribution >= 0.6 is 11.8 Å². The van der Waals surface area contributed by atoms with Crippen molar-refractivity contribution < 1.29 is 4.79 Å². The van der Waals surface area contributed by atoms with Gasteiger partial charge in [0.15, 0.2) is 0 Å². The van der Waals surface area contributed by atoms with Crippen LogP contribution in [0.15, 0.2) is 30.3 Å². The molecule has 16 heavy (non-hydrogen) atoms. The number of hydrogen-bond acceptors (Lipinski definition) is 2. The van der Waals surface area contributed by atoms with E-state index in [-0.39, 0.29) is 11.2 Å². The molecule has 0 aromatic heterocycles. The number of amides is 1. The molecule has 1 heterocycles. The minimum absolute atomic E-state index is 0.0153. The third-order valence-corrected chi connectivity index (χ3v) is 4.00. The van der Waals surface area contributed by atoms with Crippen molar-refractivity contribution in [3.63, 3.8) is 0 Å². The first-order chi connectivity index (χ1) is 7.83. The minimum Gasteiger partial charge on any atom is -0.341 e. The Morgan fingerprint density at radius 2 is 2.12 bits per heavy atom. The number of rotatable bonds is 3. The molecule has 0 spiro atoms. The Kier molecular flexibility index (Phi) is 3.88. The Morgan fingerprint density at radius 3 is 2.81 bits per heavy atom.